The van der Waals surface area contributed by atoms with E-state index in [4.69, 9.17) is 15.2 Å². The summed E-state index contributed by atoms with van der Waals surface area (Å²) in [4.78, 5) is 16.3. The lowest BCUT2D eigenvalue weighted by Gasteiger charge is -2.11. The number of hydrogen-bond acceptors (Lipinski definition) is 4. The normalized spacial score (nSPS) is 10.7. The lowest BCUT2D eigenvalue weighted by Crippen LogP contribution is -2.28. The topological polar surface area (TPSA) is 98.0 Å². The van der Waals surface area contributed by atoms with E-state index >= 15 is 0 Å². The van der Waals surface area contributed by atoms with Crippen LogP contribution >= 0.6 is 24.0 Å². The Kier molecular flexibility index (Phi) is 10.2. The van der Waals surface area contributed by atoms with Crippen molar-refractivity contribution >= 4 is 41.5 Å². The monoisotopic (exact) mass is 484 g/mol. The van der Waals surface area contributed by atoms with E-state index in [0.717, 1.165) is 11.3 Å². The summed E-state index contributed by atoms with van der Waals surface area (Å²) in [6.07, 6.45) is 0. The molecule has 0 aliphatic heterocycles. The van der Waals surface area contributed by atoms with E-state index in [2.05, 4.69) is 15.6 Å². The standard InChI is InChI=1S/C19H24N4O3.HI/c1-25-13-15-5-3-4-6-17(15)23-19(20)22-12-11-21-18(24)14-7-9-16(26-2)10-8-14;/h3-10H,11-13H2,1-2H3,(H,21,24)(H3,20,22,23);1H. The van der Waals surface area contributed by atoms with Gasteiger partial charge in [0.05, 0.1) is 20.3 Å². The second kappa shape index (κ2) is 12.1. The number of hydrogen-bond donors (Lipinski definition) is 3. The molecule has 8 heteroatoms. The highest BCUT2D eigenvalue weighted by atomic mass is 127. The minimum absolute atomic E-state index is 0. The number of nitrogens with one attached hydrogen (secondary N) is 2. The maximum absolute atomic E-state index is 12.0. The van der Waals surface area contributed by atoms with Crippen LogP contribution in [0.1, 0.15) is 15.9 Å². The number of carbonyl (C=O) groups excluding carboxylic acids is 1. The van der Waals surface area contributed by atoms with Crippen molar-refractivity contribution in [2.24, 2.45) is 10.7 Å². The van der Waals surface area contributed by atoms with E-state index in [0.29, 0.717) is 31.0 Å². The first-order valence-electron chi connectivity index (χ1n) is 8.20. The lowest BCUT2D eigenvalue weighted by molar-refractivity contribution is 0.0955. The Bertz CT molecular complexity index is 751. The van der Waals surface area contributed by atoms with E-state index in [9.17, 15) is 4.79 Å². The van der Waals surface area contributed by atoms with E-state index in [1.165, 1.54) is 0 Å². The molecule has 27 heavy (non-hydrogen) atoms. The van der Waals surface area contributed by atoms with Gasteiger partial charge in [-0.15, -0.1) is 24.0 Å². The van der Waals surface area contributed by atoms with Crippen LogP contribution in [0, 0.1) is 0 Å². The summed E-state index contributed by atoms with van der Waals surface area (Å²) >= 11 is 0. The summed E-state index contributed by atoms with van der Waals surface area (Å²) < 4.78 is 10.2. The highest BCUT2D eigenvalue weighted by molar-refractivity contribution is 14.0. The number of para-hydroxylation sites is 1. The number of aliphatic imine (C=N–C) groups is 1. The van der Waals surface area contributed by atoms with Crippen LogP contribution in [0.15, 0.2) is 53.5 Å². The molecule has 0 unspecified atom stereocenters. The molecule has 0 fully saturated rings. The third kappa shape index (κ3) is 7.43. The van der Waals surface area contributed by atoms with E-state index in [-0.39, 0.29) is 35.8 Å². The number of ether oxygens (including phenoxy) is 2. The maximum atomic E-state index is 12.0. The number of guanidine groups is 1. The second-order valence-corrected chi connectivity index (χ2v) is 5.47. The first kappa shape index (κ1) is 22.7. The third-order valence-electron chi connectivity index (χ3n) is 3.61. The van der Waals surface area contributed by atoms with Crippen LogP contribution in [0.2, 0.25) is 0 Å². The Morgan fingerprint density at radius 3 is 2.48 bits per heavy atom. The number of carbonyl (C=O) groups is 1. The maximum Gasteiger partial charge on any atom is 0.251 e. The van der Waals surface area contributed by atoms with Crippen molar-refractivity contribution in [2.45, 2.75) is 6.61 Å². The zero-order chi connectivity index (χ0) is 18.8. The number of amides is 1. The van der Waals surface area contributed by atoms with Gasteiger partial charge in [-0.1, -0.05) is 18.2 Å². The Morgan fingerprint density at radius 2 is 1.81 bits per heavy atom. The molecule has 0 aliphatic carbocycles. The number of rotatable bonds is 8. The van der Waals surface area contributed by atoms with Gasteiger partial charge in [0.25, 0.3) is 5.91 Å². The quantitative estimate of drug-likeness (QED) is 0.232. The molecule has 1 amide bonds. The molecule has 7 nitrogen and oxygen atoms in total. The minimum atomic E-state index is -0.167. The number of anilines is 1. The molecular weight excluding hydrogens is 459 g/mol. The Hall–Kier alpha value is -2.33. The molecule has 0 aliphatic rings. The molecule has 0 saturated heterocycles. The molecular formula is C19H25IN4O3. The summed E-state index contributed by atoms with van der Waals surface area (Å²) in [7, 11) is 3.22. The molecule has 2 aromatic rings. The Balaban J connectivity index is 0.00000364. The zero-order valence-electron chi connectivity index (χ0n) is 15.4. The van der Waals surface area contributed by atoms with Crippen LogP contribution < -0.4 is 21.1 Å². The van der Waals surface area contributed by atoms with Crippen LogP contribution in [0.3, 0.4) is 0 Å². The van der Waals surface area contributed by atoms with Gasteiger partial charge in [0.2, 0.25) is 0 Å². The SMILES string of the molecule is COCc1ccccc1NC(N)=NCCNC(=O)c1ccc(OC)cc1.I. The first-order valence-corrected chi connectivity index (χ1v) is 8.20. The molecule has 0 atom stereocenters. The van der Waals surface area contributed by atoms with Crippen LogP contribution in [-0.4, -0.2) is 39.2 Å². The van der Waals surface area contributed by atoms with Gasteiger partial charge >= 0.3 is 0 Å². The fourth-order valence-electron chi connectivity index (χ4n) is 2.29. The van der Waals surface area contributed by atoms with Crippen LogP contribution in [-0.2, 0) is 11.3 Å². The molecule has 2 aromatic carbocycles. The first-order chi connectivity index (χ1) is 12.6. The number of nitrogens with zero attached hydrogens (tertiary/aromatic N) is 1. The summed E-state index contributed by atoms with van der Waals surface area (Å²) in [5.41, 5.74) is 8.30. The number of methoxy groups -OCH3 is 2. The van der Waals surface area contributed by atoms with Gasteiger partial charge in [0, 0.05) is 30.5 Å². The van der Waals surface area contributed by atoms with Crippen LogP contribution in [0.4, 0.5) is 5.69 Å². The van der Waals surface area contributed by atoms with Crippen LogP contribution in [0.25, 0.3) is 0 Å². The van der Waals surface area contributed by atoms with Gasteiger partial charge in [-0.25, -0.2) is 0 Å². The van der Waals surface area contributed by atoms with Crippen molar-refractivity contribution in [2.75, 3.05) is 32.6 Å². The molecule has 0 heterocycles. The molecule has 0 saturated carbocycles. The highest BCUT2D eigenvalue weighted by Crippen LogP contribution is 2.15. The molecule has 0 bridgehead atoms. The smallest absolute Gasteiger partial charge is 0.251 e. The zero-order valence-corrected chi connectivity index (χ0v) is 17.7. The molecule has 0 spiro atoms. The molecule has 4 N–H and O–H groups in total. The van der Waals surface area contributed by atoms with Gasteiger partial charge < -0.3 is 25.8 Å². The fourth-order valence-corrected chi connectivity index (χ4v) is 2.29. The van der Waals surface area contributed by atoms with Crippen molar-refractivity contribution in [3.63, 3.8) is 0 Å². The Labute approximate surface area is 176 Å². The van der Waals surface area contributed by atoms with Gasteiger partial charge in [-0.05, 0) is 30.3 Å². The number of halogens is 1. The van der Waals surface area contributed by atoms with Gasteiger partial charge in [-0.3, -0.25) is 9.79 Å². The minimum Gasteiger partial charge on any atom is -0.497 e. The predicted molar refractivity (Wildman–Crippen MR) is 118 cm³/mol. The molecule has 146 valence electrons. The third-order valence-corrected chi connectivity index (χ3v) is 3.61. The fraction of sp³-hybridized carbons (Fsp3) is 0.263. The van der Waals surface area contributed by atoms with E-state index < -0.39 is 0 Å². The van der Waals surface area contributed by atoms with Gasteiger partial charge in [0.15, 0.2) is 5.96 Å². The van der Waals surface area contributed by atoms with Gasteiger partial charge in [-0.2, -0.15) is 0 Å². The summed E-state index contributed by atoms with van der Waals surface area (Å²) in [5, 5.41) is 5.85. The van der Waals surface area contributed by atoms with Crippen molar-refractivity contribution in [3.05, 3.63) is 59.7 Å². The predicted octanol–water partition coefficient (Wildman–Crippen LogP) is 2.62. The van der Waals surface area contributed by atoms with Gasteiger partial charge in [0.1, 0.15) is 5.75 Å². The highest BCUT2D eigenvalue weighted by Gasteiger charge is 2.05. The molecule has 0 aromatic heterocycles. The van der Waals surface area contributed by atoms with E-state index in [1.807, 2.05) is 24.3 Å². The largest absolute Gasteiger partial charge is 0.497 e. The average molecular weight is 484 g/mol. The van der Waals surface area contributed by atoms with Crippen molar-refractivity contribution in [3.8, 4) is 5.75 Å². The number of benzene rings is 2. The molecule has 0 radical (unpaired) electrons. The number of nitrogens with two attached hydrogens (primary N) is 1. The summed E-state index contributed by atoms with van der Waals surface area (Å²) in [6, 6.07) is 14.6. The summed E-state index contributed by atoms with van der Waals surface area (Å²) in [6.45, 7) is 1.23. The van der Waals surface area contributed by atoms with Crippen LogP contribution in [0.5, 0.6) is 5.75 Å². The Morgan fingerprint density at radius 1 is 1.11 bits per heavy atom. The van der Waals surface area contributed by atoms with E-state index in [1.54, 1.807) is 38.5 Å². The second-order valence-electron chi connectivity index (χ2n) is 5.47. The summed E-state index contributed by atoms with van der Waals surface area (Å²) in [5.74, 6) is 0.825. The van der Waals surface area contributed by atoms with Crippen molar-refractivity contribution in [1.82, 2.24) is 5.32 Å². The van der Waals surface area contributed by atoms with Crippen molar-refractivity contribution in [1.29, 1.82) is 0 Å². The molecule has 2 rings (SSSR count). The lowest BCUT2D eigenvalue weighted by atomic mass is 10.2. The average Bonchev–Trinajstić information content (AvgIpc) is 2.67. The van der Waals surface area contributed by atoms with Crippen molar-refractivity contribution < 1.29 is 14.3 Å².